The zero-order valence-electron chi connectivity index (χ0n) is 14.0. The lowest BCUT2D eigenvalue weighted by Crippen LogP contribution is -2.25. The van der Waals surface area contributed by atoms with E-state index < -0.39 is 0 Å². The predicted molar refractivity (Wildman–Crippen MR) is 91.9 cm³/mol. The molecular weight excluding hydrogens is 290 g/mol. The molecule has 2 aromatic rings. The summed E-state index contributed by atoms with van der Waals surface area (Å²) in [5.74, 6) is 0.803. The van der Waals surface area contributed by atoms with Gasteiger partial charge >= 0.3 is 0 Å². The molecule has 0 unspecified atom stereocenters. The predicted octanol–water partition coefficient (Wildman–Crippen LogP) is 2.99. The highest BCUT2D eigenvalue weighted by Crippen LogP contribution is 2.27. The number of hydrogen-bond donors (Lipinski definition) is 1. The number of carbonyl (C=O) groups is 1. The van der Waals surface area contributed by atoms with Crippen LogP contribution in [0, 0.1) is 6.92 Å². The highest BCUT2D eigenvalue weighted by molar-refractivity contribution is 5.81. The first-order valence-corrected chi connectivity index (χ1v) is 7.64. The molecule has 0 spiro atoms. The zero-order chi connectivity index (χ0) is 16.8. The normalized spacial score (nSPS) is 11.2. The molecule has 0 saturated heterocycles. The van der Waals surface area contributed by atoms with Crippen LogP contribution in [0.25, 0.3) is 0 Å². The van der Waals surface area contributed by atoms with Crippen molar-refractivity contribution in [3.63, 3.8) is 0 Å². The van der Waals surface area contributed by atoms with Gasteiger partial charge in [-0.1, -0.05) is 26.0 Å². The molecule has 23 heavy (non-hydrogen) atoms. The van der Waals surface area contributed by atoms with E-state index in [1.807, 2.05) is 55.1 Å². The van der Waals surface area contributed by atoms with Crippen LogP contribution < -0.4 is 10.2 Å². The minimum Gasteiger partial charge on any atom is -0.483 e. The first-order valence-electron chi connectivity index (χ1n) is 7.64. The third-order valence-corrected chi connectivity index (χ3v) is 3.52. The average Bonchev–Trinajstić information content (AvgIpc) is 2.90. The molecule has 1 N–H and O–H groups in total. The molecule has 0 fully saturated rings. The van der Waals surface area contributed by atoms with Gasteiger partial charge in [-0.05, 0) is 42.2 Å². The van der Waals surface area contributed by atoms with Gasteiger partial charge in [0.25, 0.3) is 5.91 Å². The van der Waals surface area contributed by atoms with Crippen LogP contribution in [0.1, 0.15) is 36.6 Å². The van der Waals surface area contributed by atoms with Gasteiger partial charge in [-0.25, -0.2) is 5.43 Å². The highest BCUT2D eigenvalue weighted by Gasteiger charge is 2.10. The van der Waals surface area contributed by atoms with Gasteiger partial charge in [0.1, 0.15) is 5.75 Å². The van der Waals surface area contributed by atoms with Crippen molar-refractivity contribution in [2.24, 2.45) is 12.1 Å². The second-order valence-corrected chi connectivity index (χ2v) is 5.82. The SMILES string of the molecule is Cc1ccc(C(C)C)c(OCC(=O)N/N=C\c2cccn2C)c1. The molecule has 1 amide bonds. The molecule has 1 aromatic carbocycles. The fourth-order valence-electron chi connectivity index (χ4n) is 2.20. The Morgan fingerprint density at radius 2 is 2.17 bits per heavy atom. The van der Waals surface area contributed by atoms with Gasteiger partial charge in [0.05, 0.1) is 11.9 Å². The number of rotatable bonds is 6. The smallest absolute Gasteiger partial charge is 0.277 e. The number of nitrogens with one attached hydrogen (secondary N) is 1. The Balaban J connectivity index is 1.91. The van der Waals surface area contributed by atoms with E-state index in [1.165, 1.54) is 0 Å². The molecule has 0 atom stereocenters. The van der Waals surface area contributed by atoms with Gasteiger partial charge in [0.15, 0.2) is 6.61 Å². The Bertz CT molecular complexity index is 702. The number of ether oxygens (including phenoxy) is 1. The van der Waals surface area contributed by atoms with Crippen molar-refractivity contribution in [3.8, 4) is 5.75 Å². The van der Waals surface area contributed by atoms with E-state index in [0.29, 0.717) is 5.92 Å². The number of amides is 1. The second-order valence-electron chi connectivity index (χ2n) is 5.82. The van der Waals surface area contributed by atoms with E-state index in [-0.39, 0.29) is 12.5 Å². The number of benzene rings is 1. The van der Waals surface area contributed by atoms with Crippen molar-refractivity contribution >= 4 is 12.1 Å². The summed E-state index contributed by atoms with van der Waals surface area (Å²) in [4.78, 5) is 11.8. The Morgan fingerprint density at radius 3 is 2.83 bits per heavy atom. The molecule has 5 nitrogen and oxygen atoms in total. The number of carbonyl (C=O) groups excluding carboxylic acids is 1. The summed E-state index contributed by atoms with van der Waals surface area (Å²) >= 11 is 0. The summed E-state index contributed by atoms with van der Waals surface area (Å²) in [7, 11) is 1.91. The molecular formula is C18H23N3O2. The van der Waals surface area contributed by atoms with Crippen molar-refractivity contribution in [1.82, 2.24) is 9.99 Å². The van der Waals surface area contributed by atoms with Crippen molar-refractivity contribution in [2.75, 3.05) is 6.61 Å². The maximum absolute atomic E-state index is 11.8. The van der Waals surface area contributed by atoms with Crippen LogP contribution in [0.5, 0.6) is 5.75 Å². The maximum atomic E-state index is 11.8. The second kappa shape index (κ2) is 7.63. The Labute approximate surface area is 137 Å². The maximum Gasteiger partial charge on any atom is 0.277 e. The molecule has 0 aliphatic heterocycles. The monoisotopic (exact) mass is 313 g/mol. The van der Waals surface area contributed by atoms with E-state index in [9.17, 15) is 4.79 Å². The Kier molecular flexibility index (Phi) is 5.57. The summed E-state index contributed by atoms with van der Waals surface area (Å²) in [6.45, 7) is 6.14. The number of hydrazone groups is 1. The van der Waals surface area contributed by atoms with Gasteiger partial charge < -0.3 is 9.30 Å². The summed E-state index contributed by atoms with van der Waals surface area (Å²) < 4.78 is 7.57. The average molecular weight is 313 g/mol. The highest BCUT2D eigenvalue weighted by atomic mass is 16.5. The molecule has 0 saturated carbocycles. The first kappa shape index (κ1) is 16.8. The van der Waals surface area contributed by atoms with Crippen LogP contribution in [-0.2, 0) is 11.8 Å². The Morgan fingerprint density at radius 1 is 1.39 bits per heavy atom. The van der Waals surface area contributed by atoms with Crippen LogP contribution in [-0.4, -0.2) is 23.3 Å². The van der Waals surface area contributed by atoms with Crippen LogP contribution in [0.4, 0.5) is 0 Å². The zero-order valence-corrected chi connectivity index (χ0v) is 14.0. The van der Waals surface area contributed by atoms with Gasteiger partial charge in [-0.3, -0.25) is 4.79 Å². The van der Waals surface area contributed by atoms with Gasteiger partial charge in [0.2, 0.25) is 0 Å². The number of aromatic nitrogens is 1. The summed E-state index contributed by atoms with van der Waals surface area (Å²) in [5.41, 5.74) is 5.58. The molecule has 1 aromatic heterocycles. The number of aryl methyl sites for hydroxylation is 2. The van der Waals surface area contributed by atoms with Crippen molar-refractivity contribution in [2.45, 2.75) is 26.7 Å². The number of hydrogen-bond acceptors (Lipinski definition) is 3. The Hall–Kier alpha value is -2.56. The topological polar surface area (TPSA) is 55.6 Å². The van der Waals surface area contributed by atoms with Crippen molar-refractivity contribution in [1.29, 1.82) is 0 Å². The summed E-state index contributed by atoms with van der Waals surface area (Å²) in [6, 6.07) is 9.87. The van der Waals surface area contributed by atoms with Gasteiger partial charge in [-0.15, -0.1) is 0 Å². The molecule has 0 aliphatic rings. The van der Waals surface area contributed by atoms with E-state index in [1.54, 1.807) is 6.21 Å². The van der Waals surface area contributed by atoms with E-state index in [2.05, 4.69) is 24.4 Å². The lowest BCUT2D eigenvalue weighted by atomic mass is 10.0. The number of nitrogens with zero attached hydrogens (tertiary/aromatic N) is 2. The van der Waals surface area contributed by atoms with Crippen LogP contribution in [0.2, 0.25) is 0 Å². The molecule has 0 bridgehead atoms. The third kappa shape index (κ3) is 4.71. The van der Waals surface area contributed by atoms with Crippen LogP contribution in [0.15, 0.2) is 41.6 Å². The lowest BCUT2D eigenvalue weighted by Gasteiger charge is -2.14. The van der Waals surface area contributed by atoms with Crippen LogP contribution in [0.3, 0.4) is 0 Å². The summed E-state index contributed by atoms with van der Waals surface area (Å²) in [5, 5.41) is 3.94. The minimum atomic E-state index is -0.285. The van der Waals surface area contributed by atoms with Gasteiger partial charge in [-0.2, -0.15) is 5.10 Å². The summed E-state index contributed by atoms with van der Waals surface area (Å²) in [6.07, 6.45) is 3.52. The quantitative estimate of drug-likeness (QED) is 0.658. The molecule has 5 heteroatoms. The van der Waals surface area contributed by atoms with Crippen molar-refractivity contribution in [3.05, 3.63) is 53.3 Å². The van der Waals surface area contributed by atoms with Crippen LogP contribution >= 0.6 is 0 Å². The fourth-order valence-corrected chi connectivity index (χ4v) is 2.20. The van der Waals surface area contributed by atoms with Crippen molar-refractivity contribution < 1.29 is 9.53 Å². The lowest BCUT2D eigenvalue weighted by molar-refractivity contribution is -0.123. The first-order chi connectivity index (χ1) is 11.0. The molecule has 2 rings (SSSR count). The van der Waals surface area contributed by atoms with E-state index in [0.717, 1.165) is 22.6 Å². The van der Waals surface area contributed by atoms with Gasteiger partial charge in [0, 0.05) is 13.2 Å². The molecule has 1 heterocycles. The molecule has 122 valence electrons. The largest absolute Gasteiger partial charge is 0.483 e. The molecule has 0 aliphatic carbocycles. The minimum absolute atomic E-state index is 0.0619. The molecule has 0 radical (unpaired) electrons. The fraction of sp³-hybridized carbons (Fsp3) is 0.333. The van der Waals surface area contributed by atoms with E-state index >= 15 is 0 Å². The standard InChI is InChI=1S/C18H23N3O2/c1-13(2)16-8-7-14(3)10-17(16)23-12-18(22)20-19-11-15-6-5-9-21(15)4/h5-11,13H,12H2,1-4H3,(H,20,22)/b19-11-. The van der Waals surface area contributed by atoms with E-state index in [4.69, 9.17) is 4.74 Å². The third-order valence-electron chi connectivity index (χ3n) is 3.52.